The van der Waals surface area contributed by atoms with E-state index in [0.29, 0.717) is 23.7 Å². The van der Waals surface area contributed by atoms with Crippen LogP contribution in [0.3, 0.4) is 0 Å². The average Bonchev–Trinajstić information content (AvgIpc) is 2.30. The Balaban J connectivity index is 2.00. The summed E-state index contributed by atoms with van der Waals surface area (Å²) in [5.41, 5.74) is 1.46. The van der Waals surface area contributed by atoms with Crippen LogP contribution in [0.1, 0.15) is 22.8 Å². The van der Waals surface area contributed by atoms with Crippen molar-refractivity contribution < 1.29 is 14.7 Å². The molecule has 1 aromatic rings. The minimum Gasteiger partial charge on any atom is -0.481 e. The van der Waals surface area contributed by atoms with Crippen molar-refractivity contribution in [3.63, 3.8) is 0 Å². The van der Waals surface area contributed by atoms with Crippen molar-refractivity contribution in [2.24, 2.45) is 11.8 Å². The lowest BCUT2D eigenvalue weighted by atomic mass is 9.86. The summed E-state index contributed by atoms with van der Waals surface area (Å²) in [4.78, 5) is 24.7. The standard InChI is InChI=1S/C14H16ClNO3/c1-8-5-10(3-4-12(8)15)13(17)16-6-11(7-16)9(2)14(18)19/h3-5,9,11H,6-7H2,1-2H3,(H,18,19). The largest absolute Gasteiger partial charge is 0.481 e. The molecule has 102 valence electrons. The number of carboxylic acids is 1. The van der Waals surface area contributed by atoms with E-state index in [4.69, 9.17) is 16.7 Å². The number of rotatable bonds is 3. The fourth-order valence-corrected chi connectivity index (χ4v) is 2.27. The Kier molecular flexibility index (Phi) is 3.80. The number of aryl methyl sites for hydroxylation is 1. The van der Waals surface area contributed by atoms with E-state index < -0.39 is 11.9 Å². The second-order valence-corrected chi connectivity index (χ2v) is 5.47. The molecular weight excluding hydrogens is 266 g/mol. The van der Waals surface area contributed by atoms with E-state index in [0.717, 1.165) is 5.56 Å². The van der Waals surface area contributed by atoms with Gasteiger partial charge in [-0.2, -0.15) is 0 Å². The van der Waals surface area contributed by atoms with Gasteiger partial charge in [-0.25, -0.2) is 0 Å². The quantitative estimate of drug-likeness (QED) is 0.926. The zero-order valence-electron chi connectivity index (χ0n) is 10.9. The molecule has 2 rings (SSSR count). The highest BCUT2D eigenvalue weighted by Crippen LogP contribution is 2.26. The van der Waals surface area contributed by atoms with E-state index in [9.17, 15) is 9.59 Å². The third kappa shape index (κ3) is 2.73. The Morgan fingerprint density at radius 2 is 2.05 bits per heavy atom. The number of carboxylic acid groups (broad SMARTS) is 1. The molecular formula is C14H16ClNO3. The topological polar surface area (TPSA) is 57.6 Å². The van der Waals surface area contributed by atoms with Crippen LogP contribution in [-0.4, -0.2) is 35.0 Å². The summed E-state index contributed by atoms with van der Waals surface area (Å²) in [6, 6.07) is 5.17. The van der Waals surface area contributed by atoms with Gasteiger partial charge in [-0.3, -0.25) is 9.59 Å². The number of hydrogen-bond acceptors (Lipinski definition) is 2. The Labute approximate surface area is 117 Å². The molecule has 1 fully saturated rings. The zero-order valence-corrected chi connectivity index (χ0v) is 11.6. The summed E-state index contributed by atoms with van der Waals surface area (Å²) in [5.74, 6) is -1.22. The molecule has 19 heavy (non-hydrogen) atoms. The van der Waals surface area contributed by atoms with Crippen LogP contribution in [0.4, 0.5) is 0 Å². The van der Waals surface area contributed by atoms with Crippen molar-refractivity contribution in [1.82, 2.24) is 4.90 Å². The minimum atomic E-state index is -0.806. The summed E-state index contributed by atoms with van der Waals surface area (Å²) in [5, 5.41) is 9.54. The first kappa shape index (κ1) is 13.9. The lowest BCUT2D eigenvalue weighted by Gasteiger charge is -2.41. The van der Waals surface area contributed by atoms with Crippen molar-refractivity contribution >= 4 is 23.5 Å². The van der Waals surface area contributed by atoms with E-state index in [1.54, 1.807) is 30.0 Å². The normalized spacial score (nSPS) is 16.9. The van der Waals surface area contributed by atoms with Crippen molar-refractivity contribution in [1.29, 1.82) is 0 Å². The van der Waals surface area contributed by atoms with Crippen LogP contribution < -0.4 is 0 Å². The van der Waals surface area contributed by atoms with Crippen LogP contribution >= 0.6 is 11.6 Å². The molecule has 0 radical (unpaired) electrons. The van der Waals surface area contributed by atoms with Gasteiger partial charge in [0.2, 0.25) is 0 Å². The predicted octanol–water partition coefficient (Wildman–Crippen LogP) is 2.44. The first-order chi connectivity index (χ1) is 8.90. The van der Waals surface area contributed by atoms with Gasteiger partial charge in [0.15, 0.2) is 0 Å². The number of aliphatic carboxylic acids is 1. The average molecular weight is 282 g/mol. The third-order valence-corrected chi connectivity index (χ3v) is 4.12. The molecule has 5 heteroatoms. The van der Waals surface area contributed by atoms with Crippen LogP contribution in [0.2, 0.25) is 5.02 Å². The number of hydrogen-bond donors (Lipinski definition) is 1. The van der Waals surface area contributed by atoms with E-state index in [2.05, 4.69) is 0 Å². The van der Waals surface area contributed by atoms with Gasteiger partial charge in [0.05, 0.1) is 5.92 Å². The third-order valence-electron chi connectivity index (χ3n) is 3.70. The number of amides is 1. The second-order valence-electron chi connectivity index (χ2n) is 5.06. The summed E-state index contributed by atoms with van der Waals surface area (Å²) in [7, 11) is 0. The highest BCUT2D eigenvalue weighted by molar-refractivity contribution is 6.31. The van der Waals surface area contributed by atoms with Crippen LogP contribution in [-0.2, 0) is 4.79 Å². The molecule has 0 spiro atoms. The molecule has 1 N–H and O–H groups in total. The summed E-state index contributed by atoms with van der Waals surface area (Å²) < 4.78 is 0. The number of likely N-dealkylation sites (tertiary alicyclic amines) is 1. The SMILES string of the molecule is Cc1cc(C(=O)N2CC(C(C)C(=O)O)C2)ccc1Cl. The maximum Gasteiger partial charge on any atom is 0.306 e. The highest BCUT2D eigenvalue weighted by Gasteiger charge is 2.37. The lowest BCUT2D eigenvalue weighted by molar-refractivity contribution is -0.144. The fraction of sp³-hybridized carbons (Fsp3) is 0.429. The van der Waals surface area contributed by atoms with Crippen molar-refractivity contribution in [2.75, 3.05) is 13.1 Å². The van der Waals surface area contributed by atoms with Gasteiger partial charge >= 0.3 is 5.97 Å². The number of benzene rings is 1. The van der Waals surface area contributed by atoms with Gasteiger partial charge in [-0.15, -0.1) is 0 Å². The summed E-state index contributed by atoms with van der Waals surface area (Å²) in [6.07, 6.45) is 0. The Morgan fingerprint density at radius 3 is 2.58 bits per heavy atom. The van der Waals surface area contributed by atoms with Gasteiger partial charge in [-0.1, -0.05) is 18.5 Å². The number of carbonyl (C=O) groups excluding carboxylic acids is 1. The van der Waals surface area contributed by atoms with Gasteiger partial charge < -0.3 is 10.0 Å². The van der Waals surface area contributed by atoms with Gasteiger partial charge in [0.25, 0.3) is 5.91 Å². The Hall–Kier alpha value is -1.55. The van der Waals surface area contributed by atoms with Gasteiger partial charge in [-0.05, 0) is 30.7 Å². The van der Waals surface area contributed by atoms with Crippen LogP contribution in [0.5, 0.6) is 0 Å². The van der Waals surface area contributed by atoms with E-state index in [1.165, 1.54) is 0 Å². The summed E-state index contributed by atoms with van der Waals surface area (Å²) >= 11 is 5.92. The van der Waals surface area contributed by atoms with E-state index >= 15 is 0 Å². The van der Waals surface area contributed by atoms with E-state index in [-0.39, 0.29) is 11.8 Å². The zero-order chi connectivity index (χ0) is 14.2. The molecule has 0 bridgehead atoms. The molecule has 1 unspecified atom stereocenters. The molecule has 1 saturated heterocycles. The minimum absolute atomic E-state index is 0.0508. The first-order valence-electron chi connectivity index (χ1n) is 6.18. The van der Waals surface area contributed by atoms with Gasteiger partial charge in [0.1, 0.15) is 0 Å². The fourth-order valence-electron chi connectivity index (χ4n) is 2.16. The molecule has 4 nitrogen and oxygen atoms in total. The van der Waals surface area contributed by atoms with Crippen LogP contribution in [0.25, 0.3) is 0 Å². The highest BCUT2D eigenvalue weighted by atomic mass is 35.5. The maximum atomic E-state index is 12.2. The molecule has 0 aliphatic carbocycles. The molecule has 0 aromatic heterocycles. The number of carbonyl (C=O) groups is 2. The number of halogens is 1. The van der Waals surface area contributed by atoms with Gasteiger partial charge in [0, 0.05) is 29.6 Å². The predicted molar refractivity (Wildman–Crippen MR) is 72.4 cm³/mol. The van der Waals surface area contributed by atoms with Crippen LogP contribution in [0.15, 0.2) is 18.2 Å². The lowest BCUT2D eigenvalue weighted by Crippen LogP contribution is -2.53. The second kappa shape index (κ2) is 5.21. The molecule has 1 aliphatic rings. The molecule has 0 saturated carbocycles. The van der Waals surface area contributed by atoms with Crippen LogP contribution in [0, 0.1) is 18.8 Å². The molecule has 1 amide bonds. The van der Waals surface area contributed by atoms with Crippen molar-refractivity contribution in [3.8, 4) is 0 Å². The Morgan fingerprint density at radius 1 is 1.42 bits per heavy atom. The maximum absolute atomic E-state index is 12.2. The molecule has 1 heterocycles. The van der Waals surface area contributed by atoms with Crippen molar-refractivity contribution in [3.05, 3.63) is 34.3 Å². The molecule has 1 aromatic carbocycles. The molecule has 1 atom stereocenters. The Bertz CT molecular complexity index is 523. The van der Waals surface area contributed by atoms with Crippen molar-refractivity contribution in [2.45, 2.75) is 13.8 Å². The summed E-state index contributed by atoms with van der Waals surface area (Å²) in [6.45, 7) is 4.55. The smallest absolute Gasteiger partial charge is 0.306 e. The first-order valence-corrected chi connectivity index (χ1v) is 6.56. The van der Waals surface area contributed by atoms with E-state index in [1.807, 2.05) is 6.92 Å². The monoisotopic (exact) mass is 281 g/mol. The molecule has 1 aliphatic heterocycles. The number of nitrogens with zero attached hydrogens (tertiary/aromatic N) is 1.